The first-order chi connectivity index (χ1) is 14.2. The van der Waals surface area contributed by atoms with Crippen molar-refractivity contribution in [3.05, 3.63) is 74.9 Å². The number of fused-ring (bicyclic) bond motifs is 2. The summed E-state index contributed by atoms with van der Waals surface area (Å²) >= 11 is 8.39. The molecular weight excluding hydrogens is 402 g/mol. The minimum Gasteiger partial charge on any atom is -0.368 e. The Morgan fingerprint density at radius 3 is 2.69 bits per heavy atom. The van der Waals surface area contributed by atoms with Crippen molar-refractivity contribution in [2.75, 3.05) is 37.6 Å². The van der Waals surface area contributed by atoms with Crippen LogP contribution in [0.1, 0.15) is 5.56 Å². The van der Waals surface area contributed by atoms with Gasteiger partial charge in [-0.15, -0.1) is 11.3 Å². The van der Waals surface area contributed by atoms with Crippen LogP contribution in [0, 0.1) is 0 Å². The SMILES string of the molecule is O=c1ccc2ccc(CCN3CCN(c4cccc5sccc45)CC3)c(Cl)c2[nH]1. The van der Waals surface area contributed by atoms with Crippen LogP contribution in [0.3, 0.4) is 0 Å². The summed E-state index contributed by atoms with van der Waals surface area (Å²) in [5.41, 5.74) is 3.06. The van der Waals surface area contributed by atoms with Gasteiger partial charge in [0.25, 0.3) is 0 Å². The van der Waals surface area contributed by atoms with E-state index < -0.39 is 0 Å². The van der Waals surface area contributed by atoms with Gasteiger partial charge >= 0.3 is 0 Å². The Balaban J connectivity index is 1.25. The van der Waals surface area contributed by atoms with Gasteiger partial charge in [0.05, 0.1) is 10.5 Å². The first-order valence-electron chi connectivity index (χ1n) is 9.93. The minimum absolute atomic E-state index is 0.117. The summed E-state index contributed by atoms with van der Waals surface area (Å²) in [6, 6.07) is 16.3. The molecule has 1 aliphatic heterocycles. The van der Waals surface area contributed by atoms with Crippen LogP contribution in [-0.4, -0.2) is 42.6 Å². The summed E-state index contributed by atoms with van der Waals surface area (Å²) in [7, 11) is 0. The van der Waals surface area contributed by atoms with Gasteiger partial charge in [0.15, 0.2) is 0 Å². The van der Waals surface area contributed by atoms with Gasteiger partial charge in [0, 0.05) is 54.6 Å². The van der Waals surface area contributed by atoms with Crippen molar-refractivity contribution in [3.63, 3.8) is 0 Å². The fourth-order valence-electron chi connectivity index (χ4n) is 4.17. The third kappa shape index (κ3) is 3.66. The number of thiophene rings is 1. The number of halogens is 1. The topological polar surface area (TPSA) is 39.3 Å². The Kier molecular flexibility index (Phi) is 5.04. The predicted octanol–water partition coefficient (Wildman–Crippen LogP) is 4.76. The van der Waals surface area contributed by atoms with Crippen molar-refractivity contribution in [1.29, 1.82) is 0 Å². The molecule has 5 rings (SSSR count). The molecule has 29 heavy (non-hydrogen) atoms. The summed E-state index contributed by atoms with van der Waals surface area (Å²) in [5, 5.41) is 5.17. The highest BCUT2D eigenvalue weighted by molar-refractivity contribution is 7.17. The first-order valence-corrected chi connectivity index (χ1v) is 11.2. The number of H-pyrrole nitrogens is 1. The number of hydrogen-bond donors (Lipinski definition) is 1. The average molecular weight is 424 g/mol. The van der Waals surface area contributed by atoms with Crippen LogP contribution in [0.2, 0.25) is 5.02 Å². The Morgan fingerprint density at radius 1 is 1.00 bits per heavy atom. The van der Waals surface area contributed by atoms with E-state index >= 15 is 0 Å². The smallest absolute Gasteiger partial charge is 0.248 e. The molecule has 0 bridgehead atoms. The lowest BCUT2D eigenvalue weighted by atomic mass is 10.1. The Morgan fingerprint density at radius 2 is 1.83 bits per heavy atom. The van der Waals surface area contributed by atoms with Crippen LogP contribution in [0.5, 0.6) is 0 Å². The Hall–Kier alpha value is -2.34. The number of nitrogens with zero attached hydrogens (tertiary/aromatic N) is 2. The predicted molar refractivity (Wildman–Crippen MR) is 124 cm³/mol. The maximum Gasteiger partial charge on any atom is 0.248 e. The highest BCUT2D eigenvalue weighted by atomic mass is 35.5. The molecule has 0 unspecified atom stereocenters. The van der Waals surface area contributed by atoms with Crippen LogP contribution in [0.15, 0.2) is 58.7 Å². The van der Waals surface area contributed by atoms with E-state index in [1.54, 1.807) is 11.3 Å². The maximum atomic E-state index is 11.6. The van der Waals surface area contributed by atoms with Crippen molar-refractivity contribution in [1.82, 2.24) is 9.88 Å². The largest absolute Gasteiger partial charge is 0.368 e. The minimum atomic E-state index is -0.117. The summed E-state index contributed by atoms with van der Waals surface area (Å²) < 4.78 is 1.36. The van der Waals surface area contributed by atoms with E-state index in [-0.39, 0.29) is 5.56 Å². The number of aromatic nitrogens is 1. The zero-order valence-corrected chi connectivity index (χ0v) is 17.6. The molecule has 1 saturated heterocycles. The van der Waals surface area contributed by atoms with Gasteiger partial charge < -0.3 is 9.88 Å². The van der Waals surface area contributed by atoms with Gasteiger partial charge in [-0.05, 0) is 47.0 Å². The zero-order chi connectivity index (χ0) is 19.8. The zero-order valence-electron chi connectivity index (χ0n) is 16.0. The first kappa shape index (κ1) is 18.7. The van der Waals surface area contributed by atoms with Gasteiger partial charge in [0.1, 0.15) is 0 Å². The normalized spacial score (nSPS) is 15.4. The van der Waals surface area contributed by atoms with Gasteiger partial charge in [0.2, 0.25) is 5.56 Å². The van der Waals surface area contributed by atoms with E-state index in [2.05, 4.69) is 50.5 Å². The summed E-state index contributed by atoms with van der Waals surface area (Å²) in [4.78, 5) is 19.5. The summed E-state index contributed by atoms with van der Waals surface area (Å²) in [5.74, 6) is 0. The number of aromatic amines is 1. The molecular formula is C23H22ClN3OS. The number of anilines is 1. The van der Waals surface area contributed by atoms with Crippen molar-refractivity contribution in [2.24, 2.45) is 0 Å². The molecule has 0 aliphatic carbocycles. The molecule has 4 aromatic rings. The fraction of sp³-hybridized carbons (Fsp3) is 0.261. The summed E-state index contributed by atoms with van der Waals surface area (Å²) in [6.45, 7) is 5.13. The number of benzene rings is 2. The van der Waals surface area contributed by atoms with E-state index in [9.17, 15) is 4.79 Å². The fourth-order valence-corrected chi connectivity index (χ4v) is 5.29. The van der Waals surface area contributed by atoms with Crippen LogP contribution in [-0.2, 0) is 6.42 Å². The second-order valence-corrected chi connectivity index (χ2v) is 8.84. The van der Waals surface area contributed by atoms with Crippen LogP contribution < -0.4 is 10.5 Å². The molecule has 6 heteroatoms. The molecule has 2 aromatic carbocycles. The average Bonchev–Trinajstić information content (AvgIpc) is 3.23. The van der Waals surface area contributed by atoms with E-state index in [1.165, 1.54) is 21.8 Å². The molecule has 0 atom stereocenters. The molecule has 1 fully saturated rings. The lowest BCUT2D eigenvalue weighted by Crippen LogP contribution is -2.47. The third-order valence-corrected chi connectivity index (χ3v) is 7.11. The van der Waals surface area contributed by atoms with Gasteiger partial charge in [-0.3, -0.25) is 9.69 Å². The molecule has 1 N–H and O–H groups in total. The van der Waals surface area contributed by atoms with Gasteiger partial charge in [-0.1, -0.05) is 29.8 Å². The number of rotatable bonds is 4. The molecule has 0 radical (unpaired) electrons. The van der Waals surface area contributed by atoms with E-state index in [0.29, 0.717) is 5.02 Å². The molecule has 4 nitrogen and oxygen atoms in total. The molecule has 0 spiro atoms. The number of piperazine rings is 1. The van der Waals surface area contributed by atoms with Crippen molar-refractivity contribution in [3.8, 4) is 0 Å². The second-order valence-electron chi connectivity index (χ2n) is 7.51. The monoisotopic (exact) mass is 423 g/mol. The van der Waals surface area contributed by atoms with Crippen molar-refractivity contribution >= 4 is 49.6 Å². The lowest BCUT2D eigenvalue weighted by Gasteiger charge is -2.36. The number of hydrogen-bond acceptors (Lipinski definition) is 4. The van der Waals surface area contributed by atoms with E-state index in [0.717, 1.165) is 55.6 Å². The van der Waals surface area contributed by atoms with E-state index in [1.807, 2.05) is 12.1 Å². The van der Waals surface area contributed by atoms with Gasteiger partial charge in [-0.25, -0.2) is 0 Å². The standard InChI is InChI=1S/C23H22ClN3OS/c24-22-16(4-5-17-6-7-21(28)25-23(17)22)8-10-26-11-13-27(14-12-26)19-2-1-3-20-18(19)9-15-29-20/h1-7,9,15H,8,10-14H2,(H,25,28). The van der Waals surface area contributed by atoms with Gasteiger partial charge in [-0.2, -0.15) is 0 Å². The highest BCUT2D eigenvalue weighted by Gasteiger charge is 2.19. The third-order valence-electron chi connectivity index (χ3n) is 5.80. The highest BCUT2D eigenvalue weighted by Crippen LogP contribution is 2.31. The number of pyridine rings is 1. The quantitative estimate of drug-likeness (QED) is 0.514. The van der Waals surface area contributed by atoms with Crippen LogP contribution >= 0.6 is 22.9 Å². The van der Waals surface area contributed by atoms with Crippen LogP contribution in [0.25, 0.3) is 21.0 Å². The van der Waals surface area contributed by atoms with Crippen molar-refractivity contribution in [2.45, 2.75) is 6.42 Å². The van der Waals surface area contributed by atoms with Crippen molar-refractivity contribution < 1.29 is 0 Å². The molecule has 0 amide bonds. The Labute approximate surface area is 178 Å². The lowest BCUT2D eigenvalue weighted by molar-refractivity contribution is 0.261. The maximum absolute atomic E-state index is 11.6. The molecule has 3 heterocycles. The molecule has 2 aromatic heterocycles. The Bertz CT molecular complexity index is 1220. The molecule has 148 valence electrons. The van der Waals surface area contributed by atoms with E-state index in [4.69, 9.17) is 11.6 Å². The van der Waals surface area contributed by atoms with Crippen LogP contribution in [0.4, 0.5) is 5.69 Å². The number of nitrogens with one attached hydrogen (secondary N) is 1. The molecule has 1 aliphatic rings. The second kappa shape index (κ2) is 7.82. The summed E-state index contributed by atoms with van der Waals surface area (Å²) in [6.07, 6.45) is 0.881. The molecule has 0 saturated carbocycles.